The van der Waals surface area contributed by atoms with E-state index in [1.807, 2.05) is 18.2 Å². The number of fused-ring (bicyclic) bond motifs is 1. The van der Waals surface area contributed by atoms with Crippen LogP contribution in [0.1, 0.15) is 24.0 Å². The fourth-order valence-electron chi connectivity index (χ4n) is 2.14. The smallest absolute Gasteiger partial charge is 0.323 e. The molecule has 0 aliphatic heterocycles. The number of hydrogen-bond acceptors (Lipinski definition) is 2. The van der Waals surface area contributed by atoms with E-state index in [1.54, 1.807) is 0 Å². The predicted molar refractivity (Wildman–Crippen MR) is 67.7 cm³/mol. The second-order valence-electron chi connectivity index (χ2n) is 4.39. The molecule has 2 amide bonds. The lowest BCUT2D eigenvalue weighted by molar-refractivity contribution is -0.135. The third-order valence-corrected chi connectivity index (χ3v) is 3.01. The fraction of sp³-hybridized carbons (Fsp3) is 0.385. The molecule has 0 saturated heterocycles. The van der Waals surface area contributed by atoms with Crippen molar-refractivity contribution in [2.75, 3.05) is 11.9 Å². The van der Waals surface area contributed by atoms with Crippen LogP contribution in [0.2, 0.25) is 0 Å². The zero-order chi connectivity index (χ0) is 13.0. The molecule has 0 aromatic heterocycles. The van der Waals surface area contributed by atoms with Crippen LogP contribution in [0.4, 0.5) is 10.5 Å². The molecule has 5 nitrogen and oxygen atoms in total. The van der Waals surface area contributed by atoms with Crippen molar-refractivity contribution in [3.63, 3.8) is 0 Å². The molecular formula is C13H16N2O3. The molecule has 0 unspecified atom stereocenters. The van der Waals surface area contributed by atoms with Gasteiger partial charge in [0.25, 0.3) is 0 Å². The van der Waals surface area contributed by atoms with E-state index in [1.165, 1.54) is 24.0 Å². The molecule has 0 heterocycles. The van der Waals surface area contributed by atoms with Crippen molar-refractivity contribution in [3.05, 3.63) is 29.3 Å². The minimum absolute atomic E-state index is 0.378. The number of aryl methyl sites for hydroxylation is 2. The Morgan fingerprint density at radius 3 is 2.61 bits per heavy atom. The van der Waals surface area contributed by atoms with Crippen LogP contribution in [-0.4, -0.2) is 23.7 Å². The normalized spacial score (nSPS) is 13.6. The van der Waals surface area contributed by atoms with Gasteiger partial charge >= 0.3 is 12.0 Å². The van der Waals surface area contributed by atoms with Gasteiger partial charge in [0.05, 0.1) is 0 Å². The Morgan fingerprint density at radius 1 is 1.17 bits per heavy atom. The second-order valence-corrected chi connectivity index (χ2v) is 4.39. The SMILES string of the molecule is O=C(O)CNC(=O)Nc1ccc2c(c1)CCCC2. The van der Waals surface area contributed by atoms with Crippen LogP contribution < -0.4 is 10.6 Å². The third-order valence-electron chi connectivity index (χ3n) is 3.01. The molecule has 0 atom stereocenters. The largest absolute Gasteiger partial charge is 0.480 e. The molecule has 5 heteroatoms. The first-order valence-electron chi connectivity index (χ1n) is 6.03. The lowest BCUT2D eigenvalue weighted by Crippen LogP contribution is -2.33. The van der Waals surface area contributed by atoms with Crippen molar-refractivity contribution in [1.29, 1.82) is 0 Å². The van der Waals surface area contributed by atoms with Gasteiger partial charge in [-0.3, -0.25) is 4.79 Å². The van der Waals surface area contributed by atoms with Gasteiger partial charge in [0.1, 0.15) is 6.54 Å². The van der Waals surface area contributed by atoms with E-state index in [0.29, 0.717) is 5.69 Å². The van der Waals surface area contributed by atoms with E-state index < -0.39 is 12.0 Å². The first-order valence-corrected chi connectivity index (χ1v) is 6.03. The molecule has 96 valence electrons. The molecule has 0 saturated carbocycles. The molecule has 0 spiro atoms. The summed E-state index contributed by atoms with van der Waals surface area (Å²) >= 11 is 0. The molecule has 1 aliphatic rings. The highest BCUT2D eigenvalue weighted by atomic mass is 16.4. The van der Waals surface area contributed by atoms with Crippen LogP contribution in [0.15, 0.2) is 18.2 Å². The molecule has 3 N–H and O–H groups in total. The van der Waals surface area contributed by atoms with Crippen LogP contribution in [0.25, 0.3) is 0 Å². The highest BCUT2D eigenvalue weighted by Crippen LogP contribution is 2.24. The Labute approximate surface area is 105 Å². The van der Waals surface area contributed by atoms with Gasteiger partial charge in [-0.2, -0.15) is 0 Å². The number of rotatable bonds is 3. The van der Waals surface area contributed by atoms with Crippen LogP contribution in [-0.2, 0) is 17.6 Å². The lowest BCUT2D eigenvalue weighted by Gasteiger charge is -2.16. The summed E-state index contributed by atoms with van der Waals surface area (Å²) in [6.07, 6.45) is 4.54. The Balaban J connectivity index is 1.97. The number of benzene rings is 1. The van der Waals surface area contributed by atoms with Gasteiger partial charge in [0.15, 0.2) is 0 Å². The summed E-state index contributed by atoms with van der Waals surface area (Å²) in [5, 5.41) is 13.3. The maximum Gasteiger partial charge on any atom is 0.323 e. The molecule has 18 heavy (non-hydrogen) atoms. The number of carbonyl (C=O) groups is 2. The maximum absolute atomic E-state index is 11.4. The second kappa shape index (κ2) is 5.53. The number of carbonyl (C=O) groups excluding carboxylic acids is 1. The summed E-state index contributed by atoms with van der Waals surface area (Å²) < 4.78 is 0. The number of urea groups is 1. The minimum atomic E-state index is -1.06. The lowest BCUT2D eigenvalue weighted by atomic mass is 9.91. The summed E-state index contributed by atoms with van der Waals surface area (Å²) in [7, 11) is 0. The van der Waals surface area contributed by atoms with Crippen LogP contribution >= 0.6 is 0 Å². The number of aliphatic carboxylic acids is 1. The Hall–Kier alpha value is -2.04. The third kappa shape index (κ3) is 3.23. The van der Waals surface area contributed by atoms with E-state index in [-0.39, 0.29) is 6.54 Å². The number of nitrogens with one attached hydrogen (secondary N) is 2. The summed E-state index contributed by atoms with van der Waals surface area (Å²) in [6, 6.07) is 5.36. The van der Waals surface area contributed by atoms with Crippen molar-refractivity contribution >= 4 is 17.7 Å². The Bertz CT molecular complexity index is 471. The summed E-state index contributed by atoms with van der Waals surface area (Å²) in [4.78, 5) is 21.7. The Kier molecular flexibility index (Phi) is 3.82. The van der Waals surface area contributed by atoms with Crippen molar-refractivity contribution in [3.8, 4) is 0 Å². The van der Waals surface area contributed by atoms with Gasteiger partial charge < -0.3 is 15.7 Å². The zero-order valence-electron chi connectivity index (χ0n) is 10.0. The maximum atomic E-state index is 11.4. The fourth-order valence-corrected chi connectivity index (χ4v) is 2.14. The first-order chi connectivity index (χ1) is 8.65. The summed E-state index contributed by atoms with van der Waals surface area (Å²) in [6.45, 7) is -0.378. The first kappa shape index (κ1) is 12.4. The number of hydrogen-bond donors (Lipinski definition) is 3. The van der Waals surface area contributed by atoms with Gasteiger partial charge in [0, 0.05) is 5.69 Å². The standard InChI is InChI=1S/C13H16N2O3/c16-12(17)8-14-13(18)15-11-6-5-9-3-1-2-4-10(9)7-11/h5-7H,1-4,8H2,(H,16,17)(H2,14,15,18). The van der Waals surface area contributed by atoms with Crippen LogP contribution in [0.5, 0.6) is 0 Å². The van der Waals surface area contributed by atoms with E-state index in [4.69, 9.17) is 5.11 Å². The van der Waals surface area contributed by atoms with E-state index in [9.17, 15) is 9.59 Å². The molecule has 0 bridgehead atoms. The van der Waals surface area contributed by atoms with Crippen molar-refractivity contribution < 1.29 is 14.7 Å². The van der Waals surface area contributed by atoms with Crippen LogP contribution in [0.3, 0.4) is 0 Å². The van der Waals surface area contributed by atoms with Gasteiger partial charge in [-0.05, 0) is 48.9 Å². The molecule has 1 aromatic carbocycles. The van der Waals surface area contributed by atoms with E-state index in [2.05, 4.69) is 10.6 Å². The van der Waals surface area contributed by atoms with Crippen LogP contribution in [0, 0.1) is 0 Å². The van der Waals surface area contributed by atoms with E-state index in [0.717, 1.165) is 12.8 Å². The number of amides is 2. The van der Waals surface area contributed by atoms with Crippen molar-refractivity contribution in [2.45, 2.75) is 25.7 Å². The van der Waals surface area contributed by atoms with Gasteiger partial charge in [0.2, 0.25) is 0 Å². The summed E-state index contributed by atoms with van der Waals surface area (Å²) in [5.41, 5.74) is 3.33. The Morgan fingerprint density at radius 2 is 1.89 bits per heavy atom. The highest BCUT2D eigenvalue weighted by Gasteiger charge is 2.10. The average Bonchev–Trinajstić information content (AvgIpc) is 2.36. The van der Waals surface area contributed by atoms with Crippen molar-refractivity contribution in [1.82, 2.24) is 5.32 Å². The molecule has 2 rings (SSSR count). The quantitative estimate of drug-likeness (QED) is 0.762. The van der Waals surface area contributed by atoms with Crippen molar-refractivity contribution in [2.24, 2.45) is 0 Å². The number of anilines is 1. The predicted octanol–water partition coefficient (Wildman–Crippen LogP) is 1.77. The molecule has 0 fully saturated rings. The van der Waals surface area contributed by atoms with Gasteiger partial charge in [-0.25, -0.2) is 4.79 Å². The summed E-state index contributed by atoms with van der Waals surface area (Å²) in [5.74, 6) is -1.06. The molecular weight excluding hydrogens is 232 g/mol. The molecule has 1 aliphatic carbocycles. The number of carboxylic acid groups (broad SMARTS) is 1. The van der Waals surface area contributed by atoms with E-state index >= 15 is 0 Å². The topological polar surface area (TPSA) is 78.4 Å². The number of carboxylic acids is 1. The molecule has 1 aromatic rings. The highest BCUT2D eigenvalue weighted by molar-refractivity contribution is 5.91. The average molecular weight is 248 g/mol. The minimum Gasteiger partial charge on any atom is -0.480 e. The van der Waals surface area contributed by atoms with Gasteiger partial charge in [-0.1, -0.05) is 6.07 Å². The molecule has 0 radical (unpaired) electrons. The monoisotopic (exact) mass is 248 g/mol. The zero-order valence-corrected chi connectivity index (χ0v) is 10.0. The van der Waals surface area contributed by atoms with Gasteiger partial charge in [-0.15, -0.1) is 0 Å².